The van der Waals surface area contributed by atoms with Crippen LogP contribution in [0.15, 0.2) is 65.6 Å². The van der Waals surface area contributed by atoms with Gasteiger partial charge in [0.2, 0.25) is 0 Å². The molecule has 0 aromatic heterocycles. The summed E-state index contributed by atoms with van der Waals surface area (Å²) in [5.41, 5.74) is 0.371. The Balaban J connectivity index is 1.99. The number of nitrogens with zero attached hydrogens (tertiary/aromatic N) is 1. The highest BCUT2D eigenvalue weighted by atomic mass is 35.5. The maximum Gasteiger partial charge on any atom is 0.327 e. The second-order valence-corrected chi connectivity index (χ2v) is 9.29. The Kier molecular flexibility index (Phi) is 6.43. The van der Waals surface area contributed by atoms with Gasteiger partial charge in [0, 0.05) is 20.3 Å². The van der Waals surface area contributed by atoms with Crippen LogP contribution >= 0.6 is 35.1 Å². The molecule has 146 valence electrons. The molecule has 6 heteroatoms. The number of esters is 1. The lowest BCUT2D eigenvalue weighted by atomic mass is 10.1. The molecule has 0 N–H and O–H groups in total. The average molecular weight is 434 g/mol. The molecule has 0 saturated carbocycles. The highest BCUT2D eigenvalue weighted by Crippen LogP contribution is 2.36. The maximum atomic E-state index is 12.6. The number of carbonyl (C=O) groups is 1. The first-order chi connectivity index (χ1) is 13.2. The van der Waals surface area contributed by atoms with Gasteiger partial charge in [0.25, 0.3) is 0 Å². The summed E-state index contributed by atoms with van der Waals surface area (Å²) in [4.78, 5) is 13.4. The van der Waals surface area contributed by atoms with Crippen molar-refractivity contribution >= 4 is 57.6 Å². The summed E-state index contributed by atoms with van der Waals surface area (Å²) >= 11 is 13.7. The van der Waals surface area contributed by atoms with E-state index in [1.54, 1.807) is 6.07 Å². The standard InChI is InChI=1S/C22H21Cl2NO2S/c1-22(2,3)27-21(26)14-25(28-18-12-16(23)11-17(24)13-18)20-10-6-8-15-7-4-5-9-19(15)20/h4-13H,14H2,1-3H3. The second kappa shape index (κ2) is 8.64. The Morgan fingerprint density at radius 1 is 1.00 bits per heavy atom. The summed E-state index contributed by atoms with van der Waals surface area (Å²) in [6.45, 7) is 5.66. The van der Waals surface area contributed by atoms with Crippen LogP contribution in [-0.4, -0.2) is 18.1 Å². The monoisotopic (exact) mass is 433 g/mol. The lowest BCUT2D eigenvalue weighted by Crippen LogP contribution is -2.31. The third-order valence-electron chi connectivity index (χ3n) is 3.78. The molecule has 0 bridgehead atoms. The van der Waals surface area contributed by atoms with Gasteiger partial charge in [0.15, 0.2) is 0 Å². The third-order valence-corrected chi connectivity index (χ3v) is 5.21. The summed E-state index contributed by atoms with van der Waals surface area (Å²) in [7, 11) is 0. The molecule has 0 heterocycles. The van der Waals surface area contributed by atoms with Crippen molar-refractivity contribution in [1.82, 2.24) is 0 Å². The van der Waals surface area contributed by atoms with Gasteiger partial charge < -0.3 is 9.04 Å². The van der Waals surface area contributed by atoms with Gasteiger partial charge in [-0.25, -0.2) is 0 Å². The van der Waals surface area contributed by atoms with Gasteiger partial charge in [-0.05, 0) is 62.4 Å². The molecule has 0 aliphatic carbocycles. The Hall–Kier alpha value is -1.88. The Morgan fingerprint density at radius 3 is 2.32 bits per heavy atom. The molecule has 0 atom stereocenters. The third kappa shape index (κ3) is 5.57. The van der Waals surface area contributed by atoms with E-state index >= 15 is 0 Å². The van der Waals surface area contributed by atoms with E-state index in [1.807, 2.05) is 79.7 Å². The van der Waals surface area contributed by atoms with E-state index in [9.17, 15) is 4.79 Å². The largest absolute Gasteiger partial charge is 0.459 e. The Labute approximate surface area is 179 Å². The van der Waals surface area contributed by atoms with Gasteiger partial charge in [-0.15, -0.1) is 0 Å². The van der Waals surface area contributed by atoms with Crippen molar-refractivity contribution in [3.05, 3.63) is 70.7 Å². The van der Waals surface area contributed by atoms with E-state index in [-0.39, 0.29) is 12.5 Å². The fraction of sp³-hybridized carbons (Fsp3) is 0.227. The van der Waals surface area contributed by atoms with Crippen LogP contribution in [0.4, 0.5) is 5.69 Å². The molecule has 0 unspecified atom stereocenters. The normalized spacial score (nSPS) is 11.5. The van der Waals surface area contributed by atoms with E-state index in [4.69, 9.17) is 27.9 Å². The molecule has 0 fully saturated rings. The summed E-state index contributed by atoms with van der Waals surface area (Å²) in [6, 6.07) is 19.4. The van der Waals surface area contributed by atoms with Crippen molar-refractivity contribution in [2.75, 3.05) is 10.8 Å². The molecule has 0 radical (unpaired) electrons. The van der Waals surface area contributed by atoms with Crippen molar-refractivity contribution in [3.63, 3.8) is 0 Å². The molecule has 3 aromatic carbocycles. The molecular weight excluding hydrogens is 413 g/mol. The molecule has 0 saturated heterocycles. The van der Waals surface area contributed by atoms with E-state index in [0.29, 0.717) is 10.0 Å². The number of rotatable bonds is 5. The summed E-state index contributed by atoms with van der Waals surface area (Å²) in [5, 5.41) is 3.24. The van der Waals surface area contributed by atoms with E-state index in [1.165, 1.54) is 11.9 Å². The van der Waals surface area contributed by atoms with Crippen molar-refractivity contribution in [1.29, 1.82) is 0 Å². The number of benzene rings is 3. The van der Waals surface area contributed by atoms with Gasteiger partial charge in [0.1, 0.15) is 12.1 Å². The molecule has 0 spiro atoms. The van der Waals surface area contributed by atoms with Crippen LogP contribution in [0.1, 0.15) is 20.8 Å². The summed E-state index contributed by atoms with van der Waals surface area (Å²) in [6.07, 6.45) is 0. The summed E-state index contributed by atoms with van der Waals surface area (Å²) in [5.74, 6) is -0.305. The van der Waals surface area contributed by atoms with Crippen LogP contribution in [0.5, 0.6) is 0 Å². The SMILES string of the molecule is CC(C)(C)OC(=O)CN(Sc1cc(Cl)cc(Cl)c1)c1cccc2ccccc12. The quantitative estimate of drug-likeness (QED) is 0.319. The fourth-order valence-corrected chi connectivity index (χ4v) is 4.49. The van der Waals surface area contributed by atoms with Crippen LogP contribution in [0.3, 0.4) is 0 Å². The predicted octanol–water partition coefficient (Wildman–Crippen LogP) is 7.00. The second-order valence-electron chi connectivity index (χ2n) is 7.32. The zero-order valence-corrected chi connectivity index (χ0v) is 18.2. The average Bonchev–Trinajstić information content (AvgIpc) is 2.58. The zero-order valence-electron chi connectivity index (χ0n) is 15.9. The van der Waals surface area contributed by atoms with Gasteiger partial charge in [0.05, 0.1) is 5.69 Å². The van der Waals surface area contributed by atoms with Gasteiger partial charge in [-0.3, -0.25) is 4.79 Å². The smallest absolute Gasteiger partial charge is 0.327 e. The van der Waals surface area contributed by atoms with E-state index in [2.05, 4.69) is 0 Å². The minimum Gasteiger partial charge on any atom is -0.459 e. The minimum atomic E-state index is -0.550. The number of carbonyl (C=O) groups excluding carboxylic acids is 1. The first-order valence-corrected chi connectivity index (χ1v) is 10.4. The van der Waals surface area contributed by atoms with E-state index < -0.39 is 5.60 Å². The van der Waals surface area contributed by atoms with Crippen molar-refractivity contribution < 1.29 is 9.53 Å². The molecule has 3 nitrogen and oxygen atoms in total. The molecule has 3 aromatic rings. The van der Waals surface area contributed by atoms with Crippen molar-refractivity contribution in [3.8, 4) is 0 Å². The lowest BCUT2D eigenvalue weighted by Gasteiger charge is -2.26. The first-order valence-electron chi connectivity index (χ1n) is 8.82. The Bertz CT molecular complexity index is 976. The highest BCUT2D eigenvalue weighted by molar-refractivity contribution is 8.00. The van der Waals surface area contributed by atoms with Gasteiger partial charge in [-0.1, -0.05) is 59.6 Å². The fourth-order valence-electron chi connectivity index (χ4n) is 2.79. The molecule has 3 rings (SSSR count). The molecule has 0 aliphatic rings. The number of hydrogen-bond donors (Lipinski definition) is 0. The van der Waals surface area contributed by atoms with Crippen molar-refractivity contribution in [2.45, 2.75) is 31.3 Å². The molecule has 0 amide bonds. The topological polar surface area (TPSA) is 29.5 Å². The lowest BCUT2D eigenvalue weighted by molar-refractivity contribution is -0.152. The minimum absolute atomic E-state index is 0.0834. The van der Waals surface area contributed by atoms with E-state index in [0.717, 1.165) is 21.4 Å². The van der Waals surface area contributed by atoms with Crippen LogP contribution in [-0.2, 0) is 9.53 Å². The summed E-state index contributed by atoms with van der Waals surface area (Å²) < 4.78 is 7.46. The number of halogens is 2. The first kappa shape index (κ1) is 20.8. The van der Waals surface area contributed by atoms with Gasteiger partial charge in [-0.2, -0.15) is 0 Å². The van der Waals surface area contributed by atoms with Gasteiger partial charge >= 0.3 is 5.97 Å². The number of hydrogen-bond acceptors (Lipinski definition) is 4. The number of fused-ring (bicyclic) bond motifs is 1. The molecule has 28 heavy (non-hydrogen) atoms. The van der Waals surface area contributed by atoms with Crippen LogP contribution in [0.2, 0.25) is 10.0 Å². The molecule has 0 aliphatic heterocycles. The number of anilines is 1. The van der Waals surface area contributed by atoms with Crippen LogP contribution in [0, 0.1) is 0 Å². The highest BCUT2D eigenvalue weighted by Gasteiger charge is 2.21. The Morgan fingerprint density at radius 2 is 1.64 bits per heavy atom. The van der Waals surface area contributed by atoms with Crippen LogP contribution in [0.25, 0.3) is 10.8 Å². The molecular formula is C22H21Cl2NO2S. The zero-order chi connectivity index (χ0) is 20.3. The van der Waals surface area contributed by atoms with Crippen LogP contribution < -0.4 is 4.31 Å². The number of ether oxygens (including phenoxy) is 1. The van der Waals surface area contributed by atoms with Crippen molar-refractivity contribution in [2.24, 2.45) is 0 Å². The maximum absolute atomic E-state index is 12.6. The predicted molar refractivity (Wildman–Crippen MR) is 119 cm³/mol.